The molecule has 0 aliphatic carbocycles. The fraction of sp³-hybridized carbons (Fsp3) is 0.0400. The third kappa shape index (κ3) is 2.99. The maximum absolute atomic E-state index is 12.3. The van der Waals surface area contributed by atoms with Crippen molar-refractivity contribution >= 4 is 11.4 Å². The number of rotatable bonds is 5. The van der Waals surface area contributed by atoms with Gasteiger partial charge in [-0.15, -0.1) is 0 Å². The molecule has 0 N–H and O–H groups in total. The molecular weight excluding hydrogens is 408 g/mol. The van der Waals surface area contributed by atoms with E-state index in [1.54, 1.807) is 54.6 Å². The summed E-state index contributed by atoms with van der Waals surface area (Å²) in [5.74, 6) is 0.307. The Balaban J connectivity index is 1.92. The van der Waals surface area contributed by atoms with Gasteiger partial charge in [0, 0.05) is 5.56 Å². The maximum Gasteiger partial charge on any atom is 0.357 e. The molecule has 0 bridgehead atoms. The van der Waals surface area contributed by atoms with Gasteiger partial charge in [-0.25, -0.2) is 0 Å². The zero-order valence-electron chi connectivity index (χ0n) is 16.7. The fourth-order valence-electron chi connectivity index (χ4n) is 4.20. The Bertz CT molecular complexity index is 1340. The highest BCUT2D eigenvalue weighted by molar-refractivity contribution is 5.99. The summed E-state index contributed by atoms with van der Waals surface area (Å²) in [6.07, 6.45) is -0.752. The first-order chi connectivity index (χ1) is 15.6. The number of hydrogen-bond acceptors (Lipinski definition) is 5. The Labute approximate surface area is 182 Å². The van der Waals surface area contributed by atoms with Crippen LogP contribution in [0.4, 0.5) is 11.4 Å². The molecule has 0 aromatic heterocycles. The highest BCUT2D eigenvalue weighted by atomic mass is 16.6. The molecule has 1 aliphatic heterocycles. The summed E-state index contributed by atoms with van der Waals surface area (Å²) in [4.78, 5) is 23.2. The van der Waals surface area contributed by atoms with Crippen molar-refractivity contribution in [2.24, 2.45) is 0 Å². The molecule has 1 unspecified atom stereocenters. The highest BCUT2D eigenvalue weighted by Crippen LogP contribution is 2.60. The molecule has 7 heteroatoms. The van der Waals surface area contributed by atoms with E-state index in [0.717, 1.165) is 0 Å². The molecule has 0 fully saturated rings. The van der Waals surface area contributed by atoms with Crippen LogP contribution in [0.25, 0.3) is 22.3 Å². The van der Waals surface area contributed by atoms with Gasteiger partial charge >= 0.3 is 11.4 Å². The van der Waals surface area contributed by atoms with Crippen LogP contribution >= 0.6 is 0 Å². The summed E-state index contributed by atoms with van der Waals surface area (Å²) in [5, 5.41) is 24.5. The molecule has 4 aromatic carbocycles. The van der Waals surface area contributed by atoms with Gasteiger partial charge in [0.05, 0.1) is 15.4 Å². The first-order valence-electron chi connectivity index (χ1n) is 9.93. The first-order valence-corrected chi connectivity index (χ1v) is 9.93. The Hall–Kier alpha value is -4.52. The smallest absolute Gasteiger partial charge is 0.357 e. The summed E-state index contributed by atoms with van der Waals surface area (Å²) < 4.78 is 6.12. The van der Waals surface area contributed by atoms with Crippen molar-refractivity contribution < 1.29 is 14.6 Å². The molecule has 0 radical (unpaired) electrons. The van der Waals surface area contributed by atoms with E-state index in [1.165, 1.54) is 0 Å². The van der Waals surface area contributed by atoms with Crippen LogP contribution in [-0.2, 0) is 0 Å². The Morgan fingerprint density at radius 3 is 1.59 bits per heavy atom. The molecule has 7 nitrogen and oxygen atoms in total. The second kappa shape index (κ2) is 7.63. The first kappa shape index (κ1) is 19.4. The molecule has 32 heavy (non-hydrogen) atoms. The third-order valence-corrected chi connectivity index (χ3v) is 5.53. The molecule has 0 spiro atoms. The van der Waals surface area contributed by atoms with Crippen molar-refractivity contribution in [3.8, 4) is 28.0 Å². The van der Waals surface area contributed by atoms with Crippen LogP contribution < -0.4 is 4.74 Å². The van der Waals surface area contributed by atoms with Crippen LogP contribution in [-0.4, -0.2) is 9.85 Å². The molecule has 1 heterocycles. The molecule has 0 amide bonds. The lowest BCUT2D eigenvalue weighted by Gasteiger charge is -2.34. The number of nitrogens with zero attached hydrogens (tertiary/aromatic N) is 2. The largest absolute Gasteiger partial charge is 0.479 e. The van der Waals surface area contributed by atoms with Crippen LogP contribution in [0.15, 0.2) is 91.0 Å². The zero-order chi connectivity index (χ0) is 22.2. The quantitative estimate of drug-likeness (QED) is 0.276. The Morgan fingerprint density at radius 1 is 0.625 bits per heavy atom. The molecule has 156 valence electrons. The van der Waals surface area contributed by atoms with Gasteiger partial charge in [0.15, 0.2) is 6.10 Å². The van der Waals surface area contributed by atoms with Gasteiger partial charge in [-0.2, -0.15) is 0 Å². The maximum atomic E-state index is 12.3. The second-order valence-corrected chi connectivity index (χ2v) is 7.34. The number of nitro groups is 2. The average Bonchev–Trinajstić information content (AvgIpc) is 2.80. The monoisotopic (exact) mass is 424 g/mol. The Kier molecular flexibility index (Phi) is 4.63. The summed E-state index contributed by atoms with van der Waals surface area (Å²) in [5.41, 5.74) is 1.74. The van der Waals surface area contributed by atoms with E-state index in [4.69, 9.17) is 4.74 Å². The summed E-state index contributed by atoms with van der Waals surface area (Å²) in [6, 6.07) is 26.8. The minimum atomic E-state index is -0.752. The van der Waals surface area contributed by atoms with Crippen molar-refractivity contribution in [2.75, 3.05) is 0 Å². The molecule has 1 aliphatic rings. The van der Waals surface area contributed by atoms with Crippen molar-refractivity contribution in [2.45, 2.75) is 6.10 Å². The molecular formula is C25H16N2O5. The summed E-state index contributed by atoms with van der Waals surface area (Å²) in [7, 11) is 0. The van der Waals surface area contributed by atoms with Gasteiger partial charge in [0.25, 0.3) is 0 Å². The number of benzene rings is 4. The van der Waals surface area contributed by atoms with Crippen LogP contribution in [0, 0.1) is 20.2 Å². The van der Waals surface area contributed by atoms with Crippen molar-refractivity contribution in [3.05, 3.63) is 122 Å². The molecule has 0 saturated carbocycles. The normalized spacial score (nSPS) is 14.1. The lowest BCUT2D eigenvalue weighted by atomic mass is 9.83. The van der Waals surface area contributed by atoms with E-state index >= 15 is 0 Å². The fourth-order valence-corrected chi connectivity index (χ4v) is 4.20. The number of nitro benzene ring substituents is 2. The average molecular weight is 424 g/mol. The van der Waals surface area contributed by atoms with Crippen LogP contribution in [0.1, 0.15) is 17.2 Å². The van der Waals surface area contributed by atoms with Gasteiger partial charge in [-0.1, -0.05) is 91.0 Å². The van der Waals surface area contributed by atoms with E-state index in [0.29, 0.717) is 28.0 Å². The van der Waals surface area contributed by atoms with Crippen LogP contribution in [0.5, 0.6) is 5.75 Å². The predicted molar refractivity (Wildman–Crippen MR) is 120 cm³/mol. The number of hydrogen-bond donors (Lipinski definition) is 0. The highest BCUT2D eigenvalue weighted by Gasteiger charge is 2.48. The third-order valence-electron chi connectivity index (χ3n) is 5.53. The number of ether oxygens (including phenoxy) is 1. The van der Waals surface area contributed by atoms with Crippen LogP contribution in [0.2, 0.25) is 0 Å². The van der Waals surface area contributed by atoms with E-state index in [1.807, 2.05) is 36.4 Å². The minimum Gasteiger partial charge on any atom is -0.479 e. The zero-order valence-corrected chi connectivity index (χ0v) is 16.7. The SMILES string of the molecule is O=[N+]([O-])c1c(-c2ccccc2)c(-c2ccccc2)c2c(c1[N+](=O)[O-])C(c1ccccc1)O2. The van der Waals surface area contributed by atoms with E-state index in [-0.39, 0.29) is 11.1 Å². The van der Waals surface area contributed by atoms with Gasteiger partial charge in [-0.3, -0.25) is 20.2 Å². The topological polar surface area (TPSA) is 95.5 Å². The lowest BCUT2D eigenvalue weighted by Crippen LogP contribution is -2.24. The van der Waals surface area contributed by atoms with Gasteiger partial charge in [0.1, 0.15) is 11.3 Å². The van der Waals surface area contributed by atoms with Gasteiger partial charge < -0.3 is 4.74 Å². The van der Waals surface area contributed by atoms with E-state index < -0.39 is 27.3 Å². The predicted octanol–water partition coefficient (Wildman–Crippen LogP) is 6.32. The second-order valence-electron chi connectivity index (χ2n) is 7.34. The molecule has 5 rings (SSSR count). The van der Waals surface area contributed by atoms with E-state index in [9.17, 15) is 20.2 Å². The van der Waals surface area contributed by atoms with Gasteiger partial charge in [-0.05, 0) is 16.7 Å². The summed E-state index contributed by atoms with van der Waals surface area (Å²) in [6.45, 7) is 0. The Morgan fingerprint density at radius 2 is 1.09 bits per heavy atom. The van der Waals surface area contributed by atoms with Crippen molar-refractivity contribution in [3.63, 3.8) is 0 Å². The molecule has 1 atom stereocenters. The number of fused-ring (bicyclic) bond motifs is 1. The minimum absolute atomic E-state index is 0.179. The van der Waals surface area contributed by atoms with Crippen molar-refractivity contribution in [1.82, 2.24) is 0 Å². The molecule has 0 saturated heterocycles. The summed E-state index contributed by atoms with van der Waals surface area (Å²) >= 11 is 0. The van der Waals surface area contributed by atoms with E-state index in [2.05, 4.69) is 0 Å². The van der Waals surface area contributed by atoms with Crippen molar-refractivity contribution in [1.29, 1.82) is 0 Å². The standard InChI is InChI=1S/C25H16N2O5/c28-26(29)22-19(16-10-4-1-5-11-16)20(17-12-6-2-7-13-17)25-21(23(22)27(30)31)24(32-25)18-14-8-3-9-15-18/h1-15,24H. The lowest BCUT2D eigenvalue weighted by molar-refractivity contribution is -0.423. The van der Waals surface area contributed by atoms with Crippen LogP contribution in [0.3, 0.4) is 0 Å². The van der Waals surface area contributed by atoms with Gasteiger partial charge in [0.2, 0.25) is 0 Å². The molecule has 4 aromatic rings.